The Morgan fingerprint density at radius 3 is 2.26 bits per heavy atom. The van der Waals surface area contributed by atoms with Gasteiger partial charge in [0, 0.05) is 31.9 Å². The lowest BCUT2D eigenvalue weighted by Gasteiger charge is -2.26. The van der Waals surface area contributed by atoms with Crippen molar-refractivity contribution in [3.8, 4) is 0 Å². The van der Waals surface area contributed by atoms with Crippen molar-refractivity contribution in [2.75, 3.05) is 31.5 Å². The first-order valence-electron chi connectivity index (χ1n) is 11.2. The zero-order valence-corrected chi connectivity index (χ0v) is 21.9. The standard InChI is InChI=1S/C23H30ClN3O5S2/c1-4-26(5-2)33(29,30)19-11-12-21(24)20(16-19)23(28)25-18-10-9-17(3)22(15-18)34(31,32)27-13-7-6-8-14-27/h9-12,15-16H,4-8,13-14H2,1-3H3,(H,25,28). The van der Waals surface area contributed by atoms with Crippen LogP contribution in [0.5, 0.6) is 0 Å². The second-order valence-corrected chi connectivity index (χ2v) is 12.4. The zero-order valence-electron chi connectivity index (χ0n) is 19.5. The number of nitrogens with one attached hydrogen (secondary N) is 1. The maximum Gasteiger partial charge on any atom is 0.257 e. The van der Waals surface area contributed by atoms with Crippen LogP contribution < -0.4 is 5.32 Å². The normalized spacial score (nSPS) is 15.4. The van der Waals surface area contributed by atoms with Gasteiger partial charge in [0.2, 0.25) is 20.0 Å². The number of piperidine rings is 1. The Morgan fingerprint density at radius 1 is 1.00 bits per heavy atom. The van der Waals surface area contributed by atoms with Crippen LogP contribution in [-0.2, 0) is 20.0 Å². The van der Waals surface area contributed by atoms with Gasteiger partial charge in [0.05, 0.1) is 20.4 Å². The lowest BCUT2D eigenvalue weighted by molar-refractivity contribution is 0.102. The summed E-state index contributed by atoms with van der Waals surface area (Å²) in [6, 6.07) is 8.64. The molecule has 2 aromatic carbocycles. The lowest BCUT2D eigenvalue weighted by Crippen LogP contribution is -2.36. The van der Waals surface area contributed by atoms with Crippen molar-refractivity contribution in [2.45, 2.75) is 49.8 Å². The van der Waals surface area contributed by atoms with E-state index >= 15 is 0 Å². The molecule has 0 saturated carbocycles. The topological polar surface area (TPSA) is 104 Å². The van der Waals surface area contributed by atoms with Crippen molar-refractivity contribution in [3.63, 3.8) is 0 Å². The van der Waals surface area contributed by atoms with Crippen LogP contribution in [0.2, 0.25) is 5.02 Å². The second kappa shape index (κ2) is 10.7. The van der Waals surface area contributed by atoms with E-state index in [1.165, 1.54) is 32.9 Å². The van der Waals surface area contributed by atoms with Gasteiger partial charge in [-0.25, -0.2) is 16.8 Å². The van der Waals surface area contributed by atoms with Crippen molar-refractivity contribution >= 4 is 43.2 Å². The van der Waals surface area contributed by atoms with Gasteiger partial charge in [0.25, 0.3) is 5.91 Å². The molecule has 0 aromatic heterocycles. The van der Waals surface area contributed by atoms with E-state index in [0.717, 1.165) is 19.3 Å². The third kappa shape index (κ3) is 5.46. The molecule has 2 aromatic rings. The van der Waals surface area contributed by atoms with Crippen LogP contribution in [0.25, 0.3) is 0 Å². The van der Waals surface area contributed by atoms with Gasteiger partial charge in [0.15, 0.2) is 0 Å². The summed E-state index contributed by atoms with van der Waals surface area (Å²) in [5.41, 5.74) is 0.837. The number of nitrogens with zero attached hydrogens (tertiary/aromatic N) is 2. The van der Waals surface area contributed by atoms with E-state index in [9.17, 15) is 21.6 Å². The molecule has 0 radical (unpaired) electrons. The highest BCUT2D eigenvalue weighted by atomic mass is 35.5. The average Bonchev–Trinajstić information content (AvgIpc) is 2.81. The highest BCUT2D eigenvalue weighted by Crippen LogP contribution is 2.28. The Morgan fingerprint density at radius 2 is 1.65 bits per heavy atom. The van der Waals surface area contributed by atoms with Crippen LogP contribution in [0.3, 0.4) is 0 Å². The minimum atomic E-state index is -3.78. The summed E-state index contributed by atoms with van der Waals surface area (Å²) >= 11 is 6.21. The number of benzene rings is 2. The SMILES string of the molecule is CCN(CC)S(=O)(=O)c1ccc(Cl)c(C(=O)Nc2ccc(C)c(S(=O)(=O)N3CCCCC3)c2)c1. The Hall–Kier alpha value is -1.98. The van der Waals surface area contributed by atoms with E-state index in [1.807, 2.05) is 0 Å². The van der Waals surface area contributed by atoms with Crippen LogP contribution in [0, 0.1) is 6.92 Å². The van der Waals surface area contributed by atoms with Gasteiger partial charge in [-0.1, -0.05) is 37.9 Å². The molecule has 11 heteroatoms. The summed E-state index contributed by atoms with van der Waals surface area (Å²) in [5, 5.41) is 2.75. The molecule has 1 fully saturated rings. The quantitative estimate of drug-likeness (QED) is 0.556. The maximum atomic E-state index is 13.2. The molecular formula is C23H30ClN3O5S2. The number of aryl methyl sites for hydroxylation is 1. The number of amides is 1. The number of anilines is 1. The molecule has 1 heterocycles. The van der Waals surface area contributed by atoms with Crippen LogP contribution in [0.4, 0.5) is 5.69 Å². The van der Waals surface area contributed by atoms with Gasteiger partial charge >= 0.3 is 0 Å². The average molecular weight is 528 g/mol. The molecule has 34 heavy (non-hydrogen) atoms. The van der Waals surface area contributed by atoms with Crippen molar-refractivity contribution in [1.82, 2.24) is 8.61 Å². The van der Waals surface area contributed by atoms with Crippen LogP contribution in [-0.4, -0.2) is 57.5 Å². The molecule has 3 rings (SSSR count). The monoisotopic (exact) mass is 527 g/mol. The molecule has 1 N–H and O–H groups in total. The highest BCUT2D eigenvalue weighted by Gasteiger charge is 2.28. The number of hydrogen-bond acceptors (Lipinski definition) is 5. The molecule has 1 aliphatic rings. The van der Waals surface area contributed by atoms with Crippen molar-refractivity contribution in [3.05, 3.63) is 52.5 Å². The fourth-order valence-electron chi connectivity index (χ4n) is 3.95. The third-order valence-corrected chi connectivity index (χ3v) is 10.3. The summed E-state index contributed by atoms with van der Waals surface area (Å²) in [7, 11) is -7.48. The molecule has 0 aliphatic carbocycles. The molecule has 0 atom stereocenters. The van der Waals surface area contributed by atoms with E-state index in [2.05, 4.69) is 5.32 Å². The molecule has 1 amide bonds. The molecule has 186 valence electrons. The summed E-state index contributed by atoms with van der Waals surface area (Å²) < 4.78 is 54.8. The van der Waals surface area contributed by atoms with Crippen molar-refractivity contribution in [1.29, 1.82) is 0 Å². The van der Waals surface area contributed by atoms with E-state index < -0.39 is 26.0 Å². The van der Waals surface area contributed by atoms with Gasteiger partial charge in [-0.2, -0.15) is 8.61 Å². The summed E-state index contributed by atoms with van der Waals surface area (Å²) in [6.45, 7) is 6.71. The predicted octanol–water partition coefficient (Wildman–Crippen LogP) is 4.11. The predicted molar refractivity (Wildman–Crippen MR) is 133 cm³/mol. The Labute approximate surface area is 207 Å². The van der Waals surface area contributed by atoms with Gasteiger partial charge in [0.1, 0.15) is 0 Å². The van der Waals surface area contributed by atoms with Gasteiger partial charge in [-0.3, -0.25) is 4.79 Å². The number of hydrogen-bond donors (Lipinski definition) is 1. The van der Waals surface area contributed by atoms with Gasteiger partial charge in [-0.05, 0) is 55.7 Å². The number of halogens is 1. The Kier molecular flexibility index (Phi) is 8.41. The second-order valence-electron chi connectivity index (χ2n) is 8.13. The first kappa shape index (κ1) is 26.6. The van der Waals surface area contributed by atoms with Crippen LogP contribution in [0.15, 0.2) is 46.2 Å². The van der Waals surface area contributed by atoms with Crippen molar-refractivity contribution in [2.24, 2.45) is 0 Å². The van der Waals surface area contributed by atoms with Crippen molar-refractivity contribution < 1.29 is 21.6 Å². The third-order valence-electron chi connectivity index (χ3n) is 5.90. The summed E-state index contributed by atoms with van der Waals surface area (Å²) in [6.07, 6.45) is 2.64. The van der Waals surface area contributed by atoms with E-state index in [0.29, 0.717) is 31.7 Å². The minimum Gasteiger partial charge on any atom is -0.322 e. The lowest BCUT2D eigenvalue weighted by atomic mass is 10.2. The smallest absolute Gasteiger partial charge is 0.257 e. The maximum absolute atomic E-state index is 13.2. The molecule has 0 unspecified atom stereocenters. The molecular weight excluding hydrogens is 498 g/mol. The molecule has 1 saturated heterocycles. The molecule has 0 bridgehead atoms. The minimum absolute atomic E-state index is 0.0177. The first-order chi connectivity index (χ1) is 16.0. The largest absolute Gasteiger partial charge is 0.322 e. The van der Waals surface area contributed by atoms with E-state index in [1.54, 1.807) is 32.9 Å². The zero-order chi connectivity index (χ0) is 25.1. The fraction of sp³-hybridized carbons (Fsp3) is 0.435. The highest BCUT2D eigenvalue weighted by molar-refractivity contribution is 7.89. The number of sulfonamides is 2. The number of carbonyl (C=O) groups is 1. The van der Waals surface area contributed by atoms with Crippen LogP contribution in [0.1, 0.15) is 49.0 Å². The molecule has 8 nitrogen and oxygen atoms in total. The Balaban J connectivity index is 1.91. The van der Waals surface area contributed by atoms with Gasteiger partial charge in [-0.15, -0.1) is 0 Å². The number of rotatable bonds is 8. The van der Waals surface area contributed by atoms with Gasteiger partial charge < -0.3 is 5.32 Å². The Bertz CT molecular complexity index is 1270. The number of carbonyl (C=O) groups excluding carboxylic acids is 1. The molecule has 0 spiro atoms. The molecule has 1 aliphatic heterocycles. The summed E-state index contributed by atoms with van der Waals surface area (Å²) in [5.74, 6) is -0.633. The first-order valence-corrected chi connectivity index (χ1v) is 14.5. The van der Waals surface area contributed by atoms with E-state index in [-0.39, 0.29) is 26.1 Å². The fourth-order valence-corrected chi connectivity index (χ4v) is 7.41. The van der Waals surface area contributed by atoms with Crippen LogP contribution >= 0.6 is 11.6 Å². The summed E-state index contributed by atoms with van der Waals surface area (Å²) in [4.78, 5) is 13.1. The van der Waals surface area contributed by atoms with E-state index in [4.69, 9.17) is 11.6 Å².